The maximum Gasteiger partial charge on any atom is 0.340 e. The minimum Gasteiger partial charge on any atom is -0.465 e. The Kier molecular flexibility index (Phi) is 4.09. The van der Waals surface area contributed by atoms with Crippen LogP contribution in [0, 0.1) is 0 Å². The fourth-order valence-electron chi connectivity index (χ4n) is 3.29. The number of hydrogen-bond acceptors (Lipinski definition) is 2. The zero-order chi connectivity index (χ0) is 14.7. The monoisotopic (exact) mass is 283 g/mol. The second-order valence-electron chi connectivity index (χ2n) is 5.63. The first-order valence-electron chi connectivity index (χ1n) is 7.66. The molecule has 0 aliphatic heterocycles. The van der Waals surface area contributed by atoms with Gasteiger partial charge >= 0.3 is 5.97 Å². The molecule has 1 aromatic carbocycles. The van der Waals surface area contributed by atoms with E-state index in [0.717, 1.165) is 11.3 Å². The van der Waals surface area contributed by atoms with Crippen molar-refractivity contribution in [2.45, 2.75) is 38.1 Å². The molecule has 1 fully saturated rings. The van der Waals surface area contributed by atoms with Gasteiger partial charge in [0.15, 0.2) is 0 Å². The van der Waals surface area contributed by atoms with Gasteiger partial charge in [0.25, 0.3) is 0 Å². The second-order valence-corrected chi connectivity index (χ2v) is 5.63. The lowest BCUT2D eigenvalue weighted by molar-refractivity contribution is 0.0601. The van der Waals surface area contributed by atoms with Crippen molar-refractivity contribution in [1.82, 2.24) is 4.57 Å². The quantitative estimate of drug-likeness (QED) is 0.779. The minimum absolute atomic E-state index is 0.261. The fraction of sp³-hybridized carbons (Fsp3) is 0.389. The summed E-state index contributed by atoms with van der Waals surface area (Å²) in [5.74, 6) is -0.261. The number of esters is 1. The van der Waals surface area contributed by atoms with E-state index in [1.807, 2.05) is 30.5 Å². The average Bonchev–Trinajstić information content (AvgIpc) is 3.00. The van der Waals surface area contributed by atoms with Gasteiger partial charge < -0.3 is 9.30 Å². The van der Waals surface area contributed by atoms with Crippen molar-refractivity contribution in [1.29, 1.82) is 0 Å². The number of hydrogen-bond donors (Lipinski definition) is 0. The van der Waals surface area contributed by atoms with E-state index in [0.29, 0.717) is 11.6 Å². The molecule has 3 nitrogen and oxygen atoms in total. The topological polar surface area (TPSA) is 31.2 Å². The summed E-state index contributed by atoms with van der Waals surface area (Å²) in [6.07, 6.45) is 8.28. The number of aromatic nitrogens is 1. The molecular weight excluding hydrogens is 262 g/mol. The summed E-state index contributed by atoms with van der Waals surface area (Å²) in [5, 5.41) is 0. The molecule has 0 N–H and O–H groups in total. The highest BCUT2D eigenvalue weighted by atomic mass is 16.5. The Labute approximate surface area is 125 Å². The maximum atomic E-state index is 12.1. The molecule has 0 amide bonds. The molecule has 2 aromatic rings. The van der Waals surface area contributed by atoms with Crippen molar-refractivity contribution in [3.05, 3.63) is 48.2 Å². The summed E-state index contributed by atoms with van der Waals surface area (Å²) in [5.41, 5.74) is 2.73. The minimum atomic E-state index is -0.261. The van der Waals surface area contributed by atoms with E-state index in [2.05, 4.69) is 16.7 Å². The molecular formula is C18H21NO2. The van der Waals surface area contributed by atoms with Crippen molar-refractivity contribution in [2.24, 2.45) is 0 Å². The summed E-state index contributed by atoms with van der Waals surface area (Å²) >= 11 is 0. The first kappa shape index (κ1) is 13.9. The lowest BCUT2D eigenvalue weighted by Gasteiger charge is -2.26. The molecule has 0 spiro atoms. The number of methoxy groups -OCH3 is 1. The molecule has 3 rings (SSSR count). The fourth-order valence-corrected chi connectivity index (χ4v) is 3.29. The average molecular weight is 283 g/mol. The summed E-state index contributed by atoms with van der Waals surface area (Å²) in [7, 11) is 1.44. The van der Waals surface area contributed by atoms with Gasteiger partial charge in [0.1, 0.15) is 0 Å². The van der Waals surface area contributed by atoms with Crippen LogP contribution in [0.25, 0.3) is 11.3 Å². The van der Waals surface area contributed by atoms with E-state index in [-0.39, 0.29) is 5.97 Å². The number of ether oxygens (including phenoxy) is 1. The smallest absolute Gasteiger partial charge is 0.340 e. The molecule has 1 aromatic heterocycles. The molecule has 1 saturated carbocycles. The normalized spacial score (nSPS) is 15.9. The van der Waals surface area contributed by atoms with Crippen molar-refractivity contribution < 1.29 is 9.53 Å². The van der Waals surface area contributed by atoms with Gasteiger partial charge in [-0.2, -0.15) is 0 Å². The van der Waals surface area contributed by atoms with Crippen molar-refractivity contribution >= 4 is 5.97 Å². The predicted octanol–water partition coefficient (Wildman–Crippen LogP) is 4.45. The van der Waals surface area contributed by atoms with Gasteiger partial charge in [-0.3, -0.25) is 0 Å². The molecule has 0 unspecified atom stereocenters. The van der Waals surface area contributed by atoms with E-state index < -0.39 is 0 Å². The van der Waals surface area contributed by atoms with Crippen LogP contribution in [-0.2, 0) is 4.74 Å². The molecule has 3 heteroatoms. The SMILES string of the molecule is COC(=O)c1ccn(C2CCCCC2)c1-c1ccccc1. The summed E-state index contributed by atoms with van der Waals surface area (Å²) in [4.78, 5) is 12.1. The number of carbonyl (C=O) groups excluding carboxylic acids is 1. The number of carbonyl (C=O) groups is 1. The van der Waals surface area contributed by atoms with E-state index in [1.165, 1.54) is 39.2 Å². The summed E-state index contributed by atoms with van der Waals surface area (Å²) in [6, 6.07) is 12.5. The molecule has 0 radical (unpaired) electrons. The van der Waals surface area contributed by atoms with Crippen molar-refractivity contribution in [2.75, 3.05) is 7.11 Å². The van der Waals surface area contributed by atoms with E-state index >= 15 is 0 Å². The van der Waals surface area contributed by atoms with Crippen LogP contribution in [0.4, 0.5) is 0 Å². The standard InChI is InChI=1S/C18H21NO2/c1-21-18(20)16-12-13-19(15-10-6-3-7-11-15)17(16)14-8-4-2-5-9-14/h2,4-5,8-9,12-13,15H,3,6-7,10-11H2,1H3. The largest absolute Gasteiger partial charge is 0.465 e. The zero-order valence-corrected chi connectivity index (χ0v) is 12.4. The Morgan fingerprint density at radius 3 is 2.48 bits per heavy atom. The van der Waals surface area contributed by atoms with E-state index in [4.69, 9.17) is 4.74 Å². The van der Waals surface area contributed by atoms with Crippen LogP contribution in [0.5, 0.6) is 0 Å². The van der Waals surface area contributed by atoms with Crippen LogP contribution in [0.3, 0.4) is 0 Å². The van der Waals surface area contributed by atoms with Crippen LogP contribution in [0.15, 0.2) is 42.6 Å². The predicted molar refractivity (Wildman–Crippen MR) is 83.3 cm³/mol. The highest BCUT2D eigenvalue weighted by Crippen LogP contribution is 2.35. The zero-order valence-electron chi connectivity index (χ0n) is 12.4. The Morgan fingerprint density at radius 1 is 1.10 bits per heavy atom. The third-order valence-corrected chi connectivity index (χ3v) is 4.34. The molecule has 0 saturated heterocycles. The summed E-state index contributed by atoms with van der Waals surface area (Å²) < 4.78 is 7.23. The highest BCUT2D eigenvalue weighted by molar-refractivity contribution is 5.96. The maximum absolute atomic E-state index is 12.1. The first-order chi connectivity index (χ1) is 10.3. The van der Waals surface area contributed by atoms with Gasteiger partial charge in [-0.05, 0) is 24.5 Å². The van der Waals surface area contributed by atoms with Crippen LogP contribution >= 0.6 is 0 Å². The molecule has 1 aliphatic carbocycles. The Hall–Kier alpha value is -2.03. The molecule has 1 heterocycles. The third-order valence-electron chi connectivity index (χ3n) is 4.34. The van der Waals surface area contributed by atoms with Gasteiger partial charge in [-0.15, -0.1) is 0 Å². The van der Waals surface area contributed by atoms with Crippen LogP contribution in [0.1, 0.15) is 48.5 Å². The van der Waals surface area contributed by atoms with Crippen LogP contribution < -0.4 is 0 Å². The van der Waals surface area contributed by atoms with Gasteiger partial charge in [0.05, 0.1) is 18.4 Å². The lowest BCUT2D eigenvalue weighted by Crippen LogP contribution is -2.14. The molecule has 21 heavy (non-hydrogen) atoms. The second kappa shape index (κ2) is 6.17. The van der Waals surface area contributed by atoms with Gasteiger partial charge in [-0.1, -0.05) is 49.6 Å². The Morgan fingerprint density at radius 2 is 1.81 bits per heavy atom. The highest BCUT2D eigenvalue weighted by Gasteiger charge is 2.23. The van der Waals surface area contributed by atoms with Crippen molar-refractivity contribution in [3.8, 4) is 11.3 Å². The van der Waals surface area contributed by atoms with Crippen molar-refractivity contribution in [3.63, 3.8) is 0 Å². The van der Waals surface area contributed by atoms with E-state index in [9.17, 15) is 4.79 Å². The van der Waals surface area contributed by atoms with Crippen LogP contribution in [0.2, 0.25) is 0 Å². The number of nitrogens with zero attached hydrogens (tertiary/aromatic N) is 1. The summed E-state index contributed by atoms with van der Waals surface area (Å²) in [6.45, 7) is 0. The molecule has 1 aliphatic rings. The first-order valence-corrected chi connectivity index (χ1v) is 7.66. The third kappa shape index (κ3) is 2.73. The van der Waals surface area contributed by atoms with E-state index in [1.54, 1.807) is 0 Å². The Balaban J connectivity index is 2.08. The molecule has 0 atom stereocenters. The van der Waals surface area contributed by atoms with Crippen LogP contribution in [-0.4, -0.2) is 17.6 Å². The van der Waals surface area contributed by atoms with Gasteiger partial charge in [-0.25, -0.2) is 4.79 Å². The Bertz CT molecular complexity index is 609. The molecule has 110 valence electrons. The van der Waals surface area contributed by atoms with Gasteiger partial charge in [0.2, 0.25) is 0 Å². The van der Waals surface area contributed by atoms with Gasteiger partial charge in [0, 0.05) is 12.2 Å². The number of rotatable bonds is 3. The number of benzene rings is 1. The lowest BCUT2D eigenvalue weighted by atomic mass is 9.94. The molecule has 0 bridgehead atoms.